The minimum atomic E-state index is -3.69. The van der Waals surface area contributed by atoms with Crippen molar-refractivity contribution in [3.05, 3.63) is 78.6 Å². The summed E-state index contributed by atoms with van der Waals surface area (Å²) in [6.07, 6.45) is 3.36. The molecule has 3 aromatic rings. The van der Waals surface area contributed by atoms with Gasteiger partial charge in [-0.15, -0.1) is 0 Å². The zero-order valence-electron chi connectivity index (χ0n) is 17.0. The number of hydrogen-bond acceptors (Lipinski definition) is 4. The number of piperidine rings is 1. The first-order valence-electron chi connectivity index (χ1n) is 10.1. The van der Waals surface area contributed by atoms with Crippen molar-refractivity contribution >= 4 is 21.6 Å². The predicted octanol–water partition coefficient (Wildman–Crippen LogP) is 4.07. The lowest BCUT2D eigenvalue weighted by molar-refractivity contribution is -0.120. The molecule has 2 heterocycles. The van der Waals surface area contributed by atoms with Crippen molar-refractivity contribution in [1.29, 1.82) is 0 Å². The minimum Gasteiger partial charge on any atom is -0.323 e. The first-order valence-corrected chi connectivity index (χ1v) is 11.6. The Morgan fingerprint density at radius 1 is 1.03 bits per heavy atom. The van der Waals surface area contributed by atoms with Crippen LogP contribution >= 0.6 is 0 Å². The SMILES string of the molecule is O=C(Nc1c(F)cc(F)cc1-c1ccccc1)C1CCN(S(=O)(=O)c2cccnc2)CC1. The normalized spacial score (nSPS) is 15.4. The van der Waals surface area contributed by atoms with Crippen LogP contribution in [0, 0.1) is 17.6 Å². The third-order valence-electron chi connectivity index (χ3n) is 5.48. The second-order valence-electron chi connectivity index (χ2n) is 7.53. The fourth-order valence-electron chi connectivity index (χ4n) is 3.78. The highest BCUT2D eigenvalue weighted by Crippen LogP contribution is 2.33. The Bertz CT molecular complexity index is 1210. The number of carbonyl (C=O) groups excluding carboxylic acids is 1. The number of carbonyl (C=O) groups is 1. The number of anilines is 1. The number of halogens is 2. The van der Waals surface area contributed by atoms with Crippen molar-refractivity contribution < 1.29 is 22.0 Å². The van der Waals surface area contributed by atoms with Gasteiger partial charge >= 0.3 is 0 Å². The lowest BCUT2D eigenvalue weighted by Crippen LogP contribution is -2.41. The van der Waals surface area contributed by atoms with Crippen molar-refractivity contribution in [1.82, 2.24) is 9.29 Å². The molecule has 0 atom stereocenters. The van der Waals surface area contributed by atoms with E-state index in [4.69, 9.17) is 0 Å². The Kier molecular flexibility index (Phi) is 6.29. The molecular weight excluding hydrogens is 436 g/mol. The van der Waals surface area contributed by atoms with Crippen LogP contribution in [0.4, 0.5) is 14.5 Å². The van der Waals surface area contributed by atoms with E-state index in [2.05, 4.69) is 10.3 Å². The number of nitrogens with one attached hydrogen (secondary N) is 1. The highest BCUT2D eigenvalue weighted by molar-refractivity contribution is 7.89. The molecule has 32 heavy (non-hydrogen) atoms. The van der Waals surface area contributed by atoms with Crippen molar-refractivity contribution in [2.24, 2.45) is 5.92 Å². The largest absolute Gasteiger partial charge is 0.323 e. The molecule has 9 heteroatoms. The van der Waals surface area contributed by atoms with Gasteiger partial charge in [-0.25, -0.2) is 17.2 Å². The number of benzene rings is 2. The molecule has 0 spiro atoms. The molecule has 1 saturated heterocycles. The number of aromatic nitrogens is 1. The summed E-state index contributed by atoms with van der Waals surface area (Å²) < 4.78 is 55.2. The van der Waals surface area contributed by atoms with E-state index < -0.39 is 33.5 Å². The summed E-state index contributed by atoms with van der Waals surface area (Å²) in [7, 11) is -3.69. The molecule has 166 valence electrons. The van der Waals surface area contributed by atoms with Crippen LogP contribution in [-0.2, 0) is 14.8 Å². The van der Waals surface area contributed by atoms with E-state index in [9.17, 15) is 22.0 Å². The average Bonchev–Trinajstić information content (AvgIpc) is 2.81. The summed E-state index contributed by atoms with van der Waals surface area (Å²) in [6.45, 7) is 0.319. The van der Waals surface area contributed by atoms with Crippen LogP contribution in [0.15, 0.2) is 71.9 Å². The molecule has 0 aliphatic carbocycles. The van der Waals surface area contributed by atoms with E-state index in [1.807, 2.05) is 0 Å². The molecule has 4 rings (SSSR count). The van der Waals surface area contributed by atoms with Crippen LogP contribution in [0.2, 0.25) is 0 Å². The summed E-state index contributed by atoms with van der Waals surface area (Å²) in [5.41, 5.74) is 0.722. The Balaban J connectivity index is 1.49. The van der Waals surface area contributed by atoms with Crippen molar-refractivity contribution in [3.63, 3.8) is 0 Å². The average molecular weight is 458 g/mol. The Hall–Kier alpha value is -3.17. The topological polar surface area (TPSA) is 79.4 Å². The highest BCUT2D eigenvalue weighted by Gasteiger charge is 2.32. The molecule has 1 aromatic heterocycles. The second-order valence-corrected chi connectivity index (χ2v) is 9.47. The summed E-state index contributed by atoms with van der Waals surface area (Å²) in [6, 6.07) is 13.6. The number of sulfonamides is 1. The number of nitrogens with zero attached hydrogens (tertiary/aromatic N) is 2. The zero-order valence-corrected chi connectivity index (χ0v) is 17.9. The molecule has 0 saturated carbocycles. The molecule has 0 unspecified atom stereocenters. The number of hydrogen-bond donors (Lipinski definition) is 1. The lowest BCUT2D eigenvalue weighted by atomic mass is 9.96. The fraction of sp³-hybridized carbons (Fsp3) is 0.217. The van der Waals surface area contributed by atoms with Gasteiger partial charge < -0.3 is 5.32 Å². The Morgan fingerprint density at radius 2 is 1.75 bits per heavy atom. The zero-order chi connectivity index (χ0) is 22.7. The molecule has 2 aromatic carbocycles. The first kappa shape index (κ1) is 22.0. The first-order chi connectivity index (χ1) is 15.4. The monoisotopic (exact) mass is 457 g/mol. The summed E-state index contributed by atoms with van der Waals surface area (Å²) in [5.74, 6) is -2.53. The van der Waals surface area contributed by atoms with E-state index in [0.29, 0.717) is 5.56 Å². The molecule has 0 bridgehead atoms. The minimum absolute atomic E-state index is 0.0898. The number of pyridine rings is 1. The van der Waals surface area contributed by atoms with Crippen LogP contribution in [0.25, 0.3) is 11.1 Å². The van der Waals surface area contributed by atoms with Gasteiger partial charge in [-0.3, -0.25) is 9.78 Å². The Labute approximate surface area is 185 Å². The van der Waals surface area contributed by atoms with E-state index in [1.54, 1.807) is 36.4 Å². The van der Waals surface area contributed by atoms with Crippen LogP contribution < -0.4 is 5.32 Å². The van der Waals surface area contributed by atoms with E-state index >= 15 is 0 Å². The van der Waals surface area contributed by atoms with Crippen LogP contribution in [0.1, 0.15) is 12.8 Å². The molecule has 1 aliphatic heterocycles. The van der Waals surface area contributed by atoms with Crippen LogP contribution in [-0.4, -0.2) is 36.7 Å². The van der Waals surface area contributed by atoms with Gasteiger partial charge in [0.15, 0.2) is 0 Å². The molecule has 1 fully saturated rings. The molecule has 1 N–H and O–H groups in total. The smallest absolute Gasteiger partial charge is 0.244 e. The van der Waals surface area contributed by atoms with Crippen molar-refractivity contribution in [2.75, 3.05) is 18.4 Å². The third-order valence-corrected chi connectivity index (χ3v) is 7.37. The third kappa shape index (κ3) is 4.53. The second kappa shape index (κ2) is 9.13. The molecular formula is C23H21F2N3O3S. The fourth-order valence-corrected chi connectivity index (χ4v) is 5.21. The van der Waals surface area contributed by atoms with Crippen molar-refractivity contribution in [3.8, 4) is 11.1 Å². The maximum absolute atomic E-state index is 14.6. The maximum Gasteiger partial charge on any atom is 0.244 e. The molecule has 6 nitrogen and oxygen atoms in total. The molecule has 0 radical (unpaired) electrons. The van der Waals surface area contributed by atoms with Gasteiger partial charge in [0.2, 0.25) is 15.9 Å². The summed E-state index contributed by atoms with van der Waals surface area (Å²) >= 11 is 0. The number of amides is 1. The Morgan fingerprint density at radius 3 is 2.41 bits per heavy atom. The lowest BCUT2D eigenvalue weighted by Gasteiger charge is -2.30. The van der Waals surface area contributed by atoms with Crippen molar-refractivity contribution in [2.45, 2.75) is 17.7 Å². The summed E-state index contributed by atoms with van der Waals surface area (Å²) in [5, 5.41) is 2.60. The number of rotatable bonds is 5. The van der Waals surface area contributed by atoms with Crippen LogP contribution in [0.5, 0.6) is 0 Å². The van der Waals surface area contributed by atoms with Gasteiger partial charge in [-0.1, -0.05) is 30.3 Å². The standard InChI is InChI=1S/C23H21F2N3O3S/c24-18-13-20(16-5-2-1-3-6-16)22(21(25)14-18)27-23(29)17-8-11-28(12-9-17)32(30,31)19-7-4-10-26-15-19/h1-7,10,13-15,17H,8-9,11-12H2,(H,27,29). The quantitative estimate of drug-likeness (QED) is 0.627. The van der Waals surface area contributed by atoms with Gasteiger partial charge in [0.1, 0.15) is 16.5 Å². The highest BCUT2D eigenvalue weighted by atomic mass is 32.2. The van der Waals surface area contributed by atoms with Gasteiger partial charge in [0.25, 0.3) is 0 Å². The molecule has 1 aliphatic rings. The molecule has 1 amide bonds. The van der Waals surface area contributed by atoms with Crippen LogP contribution in [0.3, 0.4) is 0 Å². The summed E-state index contributed by atoms with van der Waals surface area (Å²) in [4.78, 5) is 16.8. The van der Waals surface area contributed by atoms with Gasteiger partial charge in [-0.05, 0) is 36.6 Å². The van der Waals surface area contributed by atoms with E-state index in [1.165, 1.54) is 28.8 Å². The van der Waals surface area contributed by atoms with Gasteiger partial charge in [0, 0.05) is 43.0 Å². The van der Waals surface area contributed by atoms with E-state index in [-0.39, 0.29) is 42.1 Å². The maximum atomic E-state index is 14.6. The van der Waals surface area contributed by atoms with E-state index in [0.717, 1.165) is 6.07 Å². The van der Waals surface area contributed by atoms with Gasteiger partial charge in [-0.2, -0.15) is 4.31 Å². The predicted molar refractivity (Wildman–Crippen MR) is 116 cm³/mol. The van der Waals surface area contributed by atoms with Gasteiger partial charge in [0.05, 0.1) is 5.69 Å².